The summed E-state index contributed by atoms with van der Waals surface area (Å²) in [5, 5.41) is 0. The Kier molecular flexibility index (Phi) is 5.40. The normalized spacial score (nSPS) is 10.6. The Morgan fingerprint density at radius 2 is 2.29 bits per heavy atom. The summed E-state index contributed by atoms with van der Waals surface area (Å²) in [5.41, 5.74) is 0. The Labute approximate surface area is 44.0 Å². The van der Waals surface area contributed by atoms with E-state index in [0.717, 1.165) is 12.8 Å². The molecule has 0 saturated heterocycles. The predicted molar refractivity (Wildman–Crippen MR) is 29.1 cm³/mol. The van der Waals surface area contributed by atoms with Crippen molar-refractivity contribution in [2.45, 2.75) is 12.8 Å². The van der Waals surface area contributed by atoms with E-state index in [1.165, 1.54) is 6.08 Å². The van der Waals surface area contributed by atoms with Crippen molar-refractivity contribution in [3.05, 3.63) is 25.8 Å². The Morgan fingerprint density at radius 3 is 2.71 bits per heavy atom. The van der Waals surface area contributed by atoms with Crippen molar-refractivity contribution in [3.8, 4) is 0 Å². The fourth-order valence-corrected chi connectivity index (χ4v) is 0.266. The molecule has 1 heteroatoms. The average Bonchev–Trinajstić information content (AvgIpc) is 1.69. The lowest BCUT2D eigenvalue weighted by Crippen LogP contribution is -1.59. The number of allylic oxidation sites excluding steroid dienone is 2. The number of halogens is 1. The Balaban J connectivity index is 2.78. The van der Waals surface area contributed by atoms with Gasteiger partial charge in [-0.05, 0) is 12.8 Å². The van der Waals surface area contributed by atoms with Gasteiger partial charge in [-0.15, -0.1) is 0 Å². The van der Waals surface area contributed by atoms with Crippen LogP contribution in [-0.2, 0) is 0 Å². The summed E-state index contributed by atoms with van der Waals surface area (Å²) in [5.74, 6) is 0. The van der Waals surface area contributed by atoms with Gasteiger partial charge in [0.1, 0.15) is 0 Å². The van der Waals surface area contributed by atoms with E-state index in [0.29, 0.717) is 6.67 Å². The smallest absolute Gasteiger partial charge is 0.153 e. The van der Waals surface area contributed by atoms with E-state index in [9.17, 15) is 4.39 Å². The van der Waals surface area contributed by atoms with Gasteiger partial charge in [0, 0.05) is 0 Å². The van der Waals surface area contributed by atoms with Crippen LogP contribution in [0.1, 0.15) is 12.8 Å². The van der Waals surface area contributed by atoms with Crippen LogP contribution in [0.4, 0.5) is 4.39 Å². The van der Waals surface area contributed by atoms with Gasteiger partial charge in [0.25, 0.3) is 0 Å². The van der Waals surface area contributed by atoms with Crippen LogP contribution in [0.25, 0.3) is 0 Å². The molecule has 0 atom stereocenters. The number of rotatable bonds is 3. The molecule has 0 aromatic heterocycles. The molecule has 0 heterocycles. The van der Waals surface area contributed by atoms with Gasteiger partial charge in [0.05, 0.1) is 0 Å². The molecule has 0 nitrogen and oxygen atoms in total. The zero-order valence-corrected chi connectivity index (χ0v) is 4.23. The van der Waals surface area contributed by atoms with Crippen LogP contribution in [-0.4, -0.2) is 0 Å². The van der Waals surface area contributed by atoms with Gasteiger partial charge in [0.15, 0.2) is 6.67 Å². The molecule has 7 heavy (non-hydrogen) atoms. The topological polar surface area (TPSA) is 0 Å². The molecule has 2 radical (unpaired) electrons. The van der Waals surface area contributed by atoms with E-state index in [1.807, 2.05) is 0 Å². The second-order valence-corrected chi connectivity index (χ2v) is 1.20. The zero-order valence-electron chi connectivity index (χ0n) is 4.23. The third-order valence-electron chi connectivity index (χ3n) is 0.580. The summed E-state index contributed by atoms with van der Waals surface area (Å²) in [6.45, 7) is 4.09. The second kappa shape index (κ2) is 5.67. The van der Waals surface area contributed by atoms with Crippen LogP contribution >= 0.6 is 0 Å². The van der Waals surface area contributed by atoms with Crippen LogP contribution in [0.15, 0.2) is 12.2 Å². The third kappa shape index (κ3) is 5.67. The maximum absolute atomic E-state index is 11.1. The highest BCUT2D eigenvalue weighted by Crippen LogP contribution is 1.88. The van der Waals surface area contributed by atoms with Crippen molar-refractivity contribution in [1.29, 1.82) is 0 Å². The van der Waals surface area contributed by atoms with E-state index < -0.39 is 0 Å². The monoisotopic (exact) mass is 100 g/mol. The summed E-state index contributed by atoms with van der Waals surface area (Å²) in [6, 6.07) is 0. The molecule has 0 aliphatic rings. The van der Waals surface area contributed by atoms with Crippen molar-refractivity contribution in [3.63, 3.8) is 0 Å². The molecule has 0 bridgehead atoms. The van der Waals surface area contributed by atoms with Crippen LogP contribution in [0.5, 0.6) is 0 Å². The van der Waals surface area contributed by atoms with Gasteiger partial charge in [-0.1, -0.05) is 19.1 Å². The molecule has 0 N–H and O–H groups in total. The van der Waals surface area contributed by atoms with Crippen LogP contribution in [0.2, 0.25) is 0 Å². The number of hydrogen-bond donors (Lipinski definition) is 0. The molecule has 0 spiro atoms. The summed E-state index contributed by atoms with van der Waals surface area (Å²) >= 11 is 0. The van der Waals surface area contributed by atoms with Gasteiger partial charge >= 0.3 is 0 Å². The predicted octanol–water partition coefficient (Wildman–Crippen LogP) is 2.29. The first-order valence-corrected chi connectivity index (χ1v) is 2.29. The largest absolute Gasteiger partial charge is 0.239 e. The highest BCUT2D eigenvalue weighted by Gasteiger charge is 1.70. The molecule has 40 valence electrons. The maximum Gasteiger partial charge on any atom is 0.153 e. The van der Waals surface area contributed by atoms with Crippen molar-refractivity contribution in [1.82, 2.24) is 0 Å². The molecular weight excluding hydrogens is 91.1 g/mol. The first-order valence-electron chi connectivity index (χ1n) is 2.29. The summed E-state index contributed by atoms with van der Waals surface area (Å²) < 4.78 is 11.1. The van der Waals surface area contributed by atoms with Gasteiger partial charge < -0.3 is 0 Å². The fraction of sp³-hybridized carbons (Fsp3) is 0.333. The molecule has 0 amide bonds. The summed E-state index contributed by atoms with van der Waals surface area (Å²) in [4.78, 5) is 0. The highest BCUT2D eigenvalue weighted by molar-refractivity contribution is 4.87. The minimum absolute atomic E-state index is 0.523. The van der Waals surface area contributed by atoms with Crippen LogP contribution in [0, 0.1) is 13.6 Å². The first kappa shape index (κ1) is 6.67. The first-order chi connectivity index (χ1) is 3.41. The molecule has 0 aliphatic heterocycles. The van der Waals surface area contributed by atoms with E-state index in [-0.39, 0.29) is 0 Å². The molecule has 0 unspecified atom stereocenters. The molecule has 0 saturated carbocycles. The van der Waals surface area contributed by atoms with Crippen LogP contribution < -0.4 is 0 Å². The van der Waals surface area contributed by atoms with E-state index in [2.05, 4.69) is 6.92 Å². The van der Waals surface area contributed by atoms with Gasteiger partial charge in [-0.25, -0.2) is 4.39 Å². The Hall–Kier alpha value is -0.330. The minimum atomic E-state index is 0.523. The molecule has 0 aliphatic carbocycles. The van der Waals surface area contributed by atoms with Gasteiger partial charge in [-0.2, -0.15) is 0 Å². The van der Waals surface area contributed by atoms with Crippen molar-refractivity contribution >= 4 is 0 Å². The lowest BCUT2D eigenvalue weighted by molar-refractivity contribution is 0.655. The lowest BCUT2D eigenvalue weighted by Gasteiger charge is -1.77. The average molecular weight is 100 g/mol. The van der Waals surface area contributed by atoms with Gasteiger partial charge in [0.2, 0.25) is 0 Å². The molecular formula is C6H9F. The van der Waals surface area contributed by atoms with Gasteiger partial charge in [-0.3, -0.25) is 0 Å². The van der Waals surface area contributed by atoms with Crippen LogP contribution in [0.3, 0.4) is 0 Å². The molecule has 0 fully saturated rings. The molecule has 0 rings (SSSR count). The minimum Gasteiger partial charge on any atom is -0.239 e. The fourth-order valence-electron chi connectivity index (χ4n) is 0.266. The number of unbranched alkanes of at least 4 members (excludes halogenated alkanes) is 1. The van der Waals surface area contributed by atoms with E-state index >= 15 is 0 Å². The second-order valence-electron chi connectivity index (χ2n) is 1.20. The SMILES string of the molecule is [CH2]CCC=C[CH]F. The van der Waals surface area contributed by atoms with Crippen molar-refractivity contribution < 1.29 is 4.39 Å². The zero-order chi connectivity index (χ0) is 5.54. The standard InChI is InChI=1S/C6H9F/c1-2-3-4-5-6-7/h4-6H,1-3H2. The number of hydrogen-bond acceptors (Lipinski definition) is 0. The van der Waals surface area contributed by atoms with E-state index in [1.54, 1.807) is 6.08 Å². The quantitative estimate of drug-likeness (QED) is 0.510. The third-order valence-corrected chi connectivity index (χ3v) is 0.580. The highest BCUT2D eigenvalue weighted by atomic mass is 19.1. The lowest BCUT2D eigenvalue weighted by atomic mass is 10.3. The molecule has 0 aromatic rings. The molecule has 0 aromatic carbocycles. The Morgan fingerprint density at radius 1 is 1.57 bits per heavy atom. The Bertz CT molecular complexity index is 48.1. The maximum atomic E-state index is 11.1. The van der Waals surface area contributed by atoms with E-state index in [4.69, 9.17) is 0 Å². The summed E-state index contributed by atoms with van der Waals surface area (Å²) in [7, 11) is 0. The van der Waals surface area contributed by atoms with Crippen molar-refractivity contribution in [2.75, 3.05) is 0 Å². The van der Waals surface area contributed by atoms with Crippen molar-refractivity contribution in [2.24, 2.45) is 0 Å². The summed E-state index contributed by atoms with van der Waals surface area (Å²) in [6.07, 6.45) is 4.82.